The van der Waals surface area contributed by atoms with E-state index in [9.17, 15) is 14.7 Å². The zero-order valence-electron chi connectivity index (χ0n) is 15.8. The molecule has 1 heterocycles. The number of aliphatic carboxylic acids is 1. The van der Waals surface area contributed by atoms with Gasteiger partial charge in [-0.2, -0.15) is 0 Å². The van der Waals surface area contributed by atoms with Gasteiger partial charge in [-0.25, -0.2) is 9.59 Å². The molecule has 6 heteroatoms. The number of carboxylic acids is 1. The molecule has 4 saturated carbocycles. The molecule has 1 amide bonds. The summed E-state index contributed by atoms with van der Waals surface area (Å²) in [7, 11) is 0. The Kier molecular flexibility index (Phi) is 4.29. The quantitative estimate of drug-likeness (QED) is 0.735. The van der Waals surface area contributed by atoms with E-state index in [0.717, 1.165) is 54.0 Å². The summed E-state index contributed by atoms with van der Waals surface area (Å²) in [4.78, 5) is 27.4. The van der Waals surface area contributed by atoms with Crippen LogP contribution < -0.4 is 5.32 Å². The third kappa shape index (κ3) is 3.15. The molecule has 6 rings (SSSR count). The maximum Gasteiger partial charge on any atom is 0.408 e. The number of hydrogen-bond acceptors (Lipinski definition) is 3. The number of hydrogen-bond donors (Lipinski definition) is 3. The van der Waals surface area contributed by atoms with Crippen molar-refractivity contribution in [3.63, 3.8) is 0 Å². The normalized spacial score (nSPS) is 31.6. The zero-order valence-corrected chi connectivity index (χ0v) is 15.8. The van der Waals surface area contributed by atoms with E-state index in [0.29, 0.717) is 11.8 Å². The highest BCUT2D eigenvalue weighted by Crippen LogP contribution is 2.54. The van der Waals surface area contributed by atoms with Gasteiger partial charge in [-0.1, -0.05) is 18.2 Å². The molecule has 0 aliphatic heterocycles. The number of alkyl carbamates (subject to hydrolysis) is 1. The van der Waals surface area contributed by atoms with Crippen LogP contribution >= 0.6 is 0 Å². The van der Waals surface area contributed by atoms with Gasteiger partial charge in [-0.05, 0) is 67.4 Å². The summed E-state index contributed by atoms with van der Waals surface area (Å²) < 4.78 is 5.79. The van der Waals surface area contributed by atoms with Crippen molar-refractivity contribution in [2.45, 2.75) is 50.7 Å². The number of benzene rings is 1. The zero-order chi connectivity index (χ0) is 19.3. The lowest BCUT2D eigenvalue weighted by Crippen LogP contribution is -2.52. The second kappa shape index (κ2) is 6.83. The molecule has 4 aliphatic carbocycles. The minimum Gasteiger partial charge on any atom is -0.480 e. The fraction of sp³-hybridized carbons (Fsp3) is 0.545. The molecule has 28 heavy (non-hydrogen) atoms. The molecule has 3 N–H and O–H groups in total. The van der Waals surface area contributed by atoms with Crippen molar-refractivity contribution >= 4 is 23.0 Å². The molecule has 1 atom stereocenters. The lowest BCUT2D eigenvalue weighted by atomic mass is 9.55. The maximum atomic E-state index is 12.5. The van der Waals surface area contributed by atoms with Gasteiger partial charge in [0.05, 0.1) is 0 Å². The number of carboxylic acid groups (broad SMARTS) is 1. The fourth-order valence-corrected chi connectivity index (χ4v) is 6.09. The Morgan fingerprint density at radius 3 is 2.46 bits per heavy atom. The number of amides is 1. The molecule has 2 aromatic rings. The van der Waals surface area contributed by atoms with E-state index in [1.165, 1.54) is 6.42 Å². The molecule has 1 aromatic heterocycles. The summed E-state index contributed by atoms with van der Waals surface area (Å²) in [5.74, 6) is 1.48. The Bertz CT molecular complexity index is 877. The van der Waals surface area contributed by atoms with E-state index in [2.05, 4.69) is 10.3 Å². The number of ether oxygens (including phenoxy) is 1. The van der Waals surface area contributed by atoms with E-state index in [-0.39, 0.29) is 12.5 Å². The van der Waals surface area contributed by atoms with Crippen LogP contribution in [-0.4, -0.2) is 34.3 Å². The molecular formula is C22H26N2O4. The third-order valence-electron chi connectivity index (χ3n) is 7.07. The molecule has 148 valence electrons. The van der Waals surface area contributed by atoms with Crippen LogP contribution in [0.25, 0.3) is 10.9 Å². The van der Waals surface area contributed by atoms with E-state index in [1.807, 2.05) is 30.5 Å². The molecule has 0 unspecified atom stereocenters. The Balaban J connectivity index is 1.25. The van der Waals surface area contributed by atoms with Gasteiger partial charge in [0.25, 0.3) is 0 Å². The predicted octanol–water partition coefficient (Wildman–Crippen LogP) is 3.71. The molecule has 0 spiro atoms. The van der Waals surface area contributed by atoms with Gasteiger partial charge in [0, 0.05) is 23.5 Å². The molecule has 4 aliphatic rings. The molecule has 4 bridgehead atoms. The number of nitrogens with one attached hydrogen (secondary N) is 2. The highest BCUT2D eigenvalue weighted by atomic mass is 16.6. The Morgan fingerprint density at radius 1 is 1.11 bits per heavy atom. The van der Waals surface area contributed by atoms with Crippen molar-refractivity contribution in [3.8, 4) is 0 Å². The third-order valence-corrected chi connectivity index (χ3v) is 7.07. The van der Waals surface area contributed by atoms with Gasteiger partial charge < -0.3 is 20.1 Å². The first-order valence-electron chi connectivity index (χ1n) is 10.3. The SMILES string of the molecule is O=C(N[C@H](Cc1c[nH]c2ccccc12)C(=O)O)OC1C2CC3CC(C2)CC1C3. The van der Waals surface area contributed by atoms with E-state index < -0.39 is 18.1 Å². The molecule has 1 aromatic carbocycles. The van der Waals surface area contributed by atoms with Gasteiger partial charge in [-0.15, -0.1) is 0 Å². The van der Waals surface area contributed by atoms with Crippen molar-refractivity contribution in [1.82, 2.24) is 10.3 Å². The van der Waals surface area contributed by atoms with Gasteiger partial charge in [0.15, 0.2) is 0 Å². The highest BCUT2D eigenvalue weighted by molar-refractivity contribution is 5.85. The fourth-order valence-electron chi connectivity index (χ4n) is 6.09. The standard InChI is InChI=1S/C22H26N2O4/c25-21(26)19(10-16-11-23-18-4-2-1-3-17(16)18)24-22(27)28-20-14-6-12-5-13(8-14)9-15(20)7-12/h1-4,11-15,19-20,23H,5-10H2,(H,24,27)(H,25,26)/t12?,13?,14?,15?,19-,20?/m1/s1. The first-order valence-corrected chi connectivity index (χ1v) is 10.3. The van der Waals surface area contributed by atoms with Crippen LogP contribution in [0.15, 0.2) is 30.5 Å². The monoisotopic (exact) mass is 382 g/mol. The Morgan fingerprint density at radius 2 is 1.79 bits per heavy atom. The number of carbonyl (C=O) groups is 2. The number of para-hydroxylation sites is 1. The molecular weight excluding hydrogens is 356 g/mol. The molecule has 0 radical (unpaired) electrons. The van der Waals surface area contributed by atoms with E-state index >= 15 is 0 Å². The van der Waals surface area contributed by atoms with Gasteiger partial charge in [-0.3, -0.25) is 0 Å². The number of aromatic nitrogens is 1. The minimum absolute atomic E-state index is 0.0460. The number of rotatable bonds is 5. The van der Waals surface area contributed by atoms with Crippen LogP contribution in [0.3, 0.4) is 0 Å². The summed E-state index contributed by atoms with van der Waals surface area (Å²) in [6.45, 7) is 0. The average Bonchev–Trinajstić information content (AvgIpc) is 3.06. The van der Waals surface area contributed by atoms with Crippen molar-refractivity contribution in [2.75, 3.05) is 0 Å². The van der Waals surface area contributed by atoms with Gasteiger partial charge >= 0.3 is 12.1 Å². The number of carbonyl (C=O) groups excluding carboxylic acids is 1. The lowest BCUT2D eigenvalue weighted by molar-refractivity contribution is -0.139. The van der Waals surface area contributed by atoms with E-state index in [4.69, 9.17) is 4.74 Å². The Hall–Kier alpha value is -2.50. The van der Waals surface area contributed by atoms with Gasteiger partial charge in [0.2, 0.25) is 0 Å². The topological polar surface area (TPSA) is 91.4 Å². The van der Waals surface area contributed by atoms with Crippen LogP contribution in [0, 0.1) is 23.7 Å². The van der Waals surface area contributed by atoms with Crippen molar-refractivity contribution in [3.05, 3.63) is 36.0 Å². The van der Waals surface area contributed by atoms with Crippen molar-refractivity contribution in [2.24, 2.45) is 23.7 Å². The maximum absolute atomic E-state index is 12.5. The highest BCUT2D eigenvalue weighted by Gasteiger charge is 2.50. The summed E-state index contributed by atoms with van der Waals surface area (Å²) in [6, 6.07) is 6.74. The van der Waals surface area contributed by atoms with Gasteiger partial charge in [0.1, 0.15) is 12.1 Å². The smallest absolute Gasteiger partial charge is 0.408 e. The second-order valence-corrected chi connectivity index (χ2v) is 8.90. The van der Waals surface area contributed by atoms with Crippen molar-refractivity contribution in [1.29, 1.82) is 0 Å². The number of fused-ring (bicyclic) bond motifs is 1. The first-order chi connectivity index (χ1) is 13.6. The minimum atomic E-state index is -1.05. The number of H-pyrrole nitrogens is 1. The van der Waals surface area contributed by atoms with Crippen LogP contribution in [0.4, 0.5) is 4.79 Å². The predicted molar refractivity (Wildman–Crippen MR) is 104 cm³/mol. The van der Waals surface area contributed by atoms with Crippen LogP contribution in [0.5, 0.6) is 0 Å². The molecule has 6 nitrogen and oxygen atoms in total. The van der Waals surface area contributed by atoms with Crippen molar-refractivity contribution < 1.29 is 19.4 Å². The largest absolute Gasteiger partial charge is 0.480 e. The second-order valence-electron chi connectivity index (χ2n) is 8.90. The van der Waals surface area contributed by atoms with Crippen LogP contribution in [0.1, 0.15) is 37.7 Å². The summed E-state index contributed by atoms with van der Waals surface area (Å²) in [6.07, 6.45) is 7.36. The molecule has 0 saturated heterocycles. The first kappa shape index (κ1) is 17.6. The van der Waals surface area contributed by atoms with E-state index in [1.54, 1.807) is 0 Å². The molecule has 4 fully saturated rings. The lowest BCUT2D eigenvalue weighted by Gasteiger charge is -2.53. The average molecular weight is 382 g/mol. The Labute approximate surface area is 163 Å². The van der Waals surface area contributed by atoms with Crippen LogP contribution in [-0.2, 0) is 16.0 Å². The summed E-state index contributed by atoms with van der Waals surface area (Å²) >= 11 is 0. The van der Waals surface area contributed by atoms with Crippen LogP contribution in [0.2, 0.25) is 0 Å². The summed E-state index contributed by atoms with van der Waals surface area (Å²) in [5.41, 5.74) is 1.83. The summed E-state index contributed by atoms with van der Waals surface area (Å²) in [5, 5.41) is 13.2. The number of aromatic amines is 1.